The first-order valence-electron chi connectivity index (χ1n) is 10.1. The van der Waals surface area contributed by atoms with E-state index in [0.29, 0.717) is 35.6 Å². The quantitative estimate of drug-likeness (QED) is 0.790. The number of nitrogens with zero attached hydrogens (tertiary/aromatic N) is 2. The van der Waals surface area contributed by atoms with Crippen LogP contribution in [0.25, 0.3) is 0 Å². The number of fused-ring (bicyclic) bond motifs is 2. The Balaban J connectivity index is 1.37. The molecule has 5 heteroatoms. The first-order chi connectivity index (χ1) is 12.7. The normalized spacial score (nSPS) is 35.6. The maximum absolute atomic E-state index is 13.4. The number of amides is 1. The SMILES string of the molecule is O=C(CSCC1CC1)N1C[C@@H](c2ccc(F)cc2)[C@@H]2[C@H]1C1CCN2CC1. The molecule has 5 fully saturated rings. The van der Waals surface area contributed by atoms with E-state index in [1.807, 2.05) is 23.9 Å². The summed E-state index contributed by atoms with van der Waals surface area (Å²) >= 11 is 1.82. The molecule has 4 heterocycles. The van der Waals surface area contributed by atoms with Gasteiger partial charge in [-0.2, -0.15) is 11.8 Å². The molecule has 0 aromatic heterocycles. The Hall–Kier alpha value is -1.07. The molecular weight excluding hydrogens is 347 g/mol. The summed E-state index contributed by atoms with van der Waals surface area (Å²) in [4.78, 5) is 17.8. The highest BCUT2D eigenvalue weighted by Gasteiger charge is 2.54. The molecule has 0 unspecified atom stereocenters. The maximum atomic E-state index is 13.4. The van der Waals surface area contributed by atoms with Crippen LogP contribution in [0.1, 0.15) is 37.2 Å². The summed E-state index contributed by atoms with van der Waals surface area (Å²) in [5, 5.41) is 0. The highest BCUT2D eigenvalue weighted by atomic mass is 32.2. The predicted molar refractivity (Wildman–Crippen MR) is 103 cm³/mol. The van der Waals surface area contributed by atoms with Crippen molar-refractivity contribution in [2.24, 2.45) is 11.8 Å². The van der Waals surface area contributed by atoms with Gasteiger partial charge in [0.2, 0.25) is 5.91 Å². The Morgan fingerprint density at radius 3 is 2.50 bits per heavy atom. The van der Waals surface area contributed by atoms with Crippen molar-refractivity contribution in [2.45, 2.75) is 43.7 Å². The third kappa shape index (κ3) is 3.07. The van der Waals surface area contributed by atoms with Crippen LogP contribution in [0, 0.1) is 17.7 Å². The third-order valence-corrected chi connectivity index (χ3v) is 8.05. The summed E-state index contributed by atoms with van der Waals surface area (Å²) in [7, 11) is 0. The third-order valence-electron chi connectivity index (χ3n) is 6.89. The van der Waals surface area contributed by atoms with Gasteiger partial charge in [0.25, 0.3) is 0 Å². The molecule has 1 aliphatic carbocycles. The van der Waals surface area contributed by atoms with Gasteiger partial charge in [0.05, 0.1) is 11.8 Å². The minimum atomic E-state index is -0.182. The summed E-state index contributed by atoms with van der Waals surface area (Å²) in [6.07, 6.45) is 5.13. The van der Waals surface area contributed by atoms with Gasteiger partial charge in [-0.15, -0.1) is 0 Å². The summed E-state index contributed by atoms with van der Waals surface area (Å²) in [6, 6.07) is 7.77. The van der Waals surface area contributed by atoms with Crippen LogP contribution in [0.15, 0.2) is 24.3 Å². The van der Waals surface area contributed by atoms with Crippen LogP contribution in [0.2, 0.25) is 0 Å². The number of carbonyl (C=O) groups is 1. The van der Waals surface area contributed by atoms with Gasteiger partial charge in [-0.1, -0.05) is 12.1 Å². The van der Waals surface area contributed by atoms with E-state index in [0.717, 1.165) is 31.3 Å². The van der Waals surface area contributed by atoms with Crippen LogP contribution in [0.5, 0.6) is 0 Å². The zero-order valence-electron chi connectivity index (χ0n) is 15.1. The standard InChI is InChI=1S/C21H27FN2OS/c22-17-5-3-15(4-6-17)18-11-24(19(25)13-26-12-14-1-2-14)20-16-7-9-23(10-8-16)21(18)20/h3-6,14,16,18,20-21H,1-2,7-13H2/t18-,20+,21+/m0/s1. The van der Waals surface area contributed by atoms with E-state index < -0.39 is 0 Å². The largest absolute Gasteiger partial charge is 0.336 e. The molecule has 0 N–H and O–H groups in total. The van der Waals surface area contributed by atoms with Crippen LogP contribution >= 0.6 is 11.8 Å². The molecule has 1 saturated carbocycles. The van der Waals surface area contributed by atoms with E-state index in [9.17, 15) is 9.18 Å². The summed E-state index contributed by atoms with van der Waals surface area (Å²) in [5.41, 5.74) is 1.19. The number of halogens is 1. The fourth-order valence-corrected chi connectivity index (χ4v) is 6.51. The molecular formula is C21H27FN2OS. The molecule has 0 radical (unpaired) electrons. The minimum absolute atomic E-state index is 0.182. The Labute approximate surface area is 159 Å². The van der Waals surface area contributed by atoms with Gasteiger partial charge in [0.1, 0.15) is 5.82 Å². The van der Waals surface area contributed by atoms with Crippen LogP contribution in [-0.2, 0) is 4.79 Å². The smallest absolute Gasteiger partial charge is 0.232 e. The topological polar surface area (TPSA) is 23.6 Å². The van der Waals surface area contributed by atoms with E-state index in [2.05, 4.69) is 9.80 Å². The van der Waals surface area contributed by atoms with E-state index in [1.54, 1.807) is 12.1 Å². The van der Waals surface area contributed by atoms with E-state index in [4.69, 9.17) is 0 Å². The van der Waals surface area contributed by atoms with Crippen molar-refractivity contribution in [3.8, 4) is 0 Å². The molecule has 1 amide bonds. The average molecular weight is 375 g/mol. The van der Waals surface area contributed by atoms with Crippen molar-refractivity contribution in [3.63, 3.8) is 0 Å². The van der Waals surface area contributed by atoms with Gasteiger partial charge in [0.15, 0.2) is 0 Å². The molecule has 0 spiro atoms. The molecule has 26 heavy (non-hydrogen) atoms. The number of carbonyl (C=O) groups excluding carboxylic acids is 1. The molecule has 3 atom stereocenters. The van der Waals surface area contributed by atoms with Crippen molar-refractivity contribution in [1.82, 2.24) is 9.80 Å². The van der Waals surface area contributed by atoms with Crippen LogP contribution in [-0.4, -0.2) is 58.9 Å². The molecule has 4 saturated heterocycles. The van der Waals surface area contributed by atoms with E-state index in [-0.39, 0.29) is 5.82 Å². The number of thioether (sulfide) groups is 1. The van der Waals surface area contributed by atoms with Gasteiger partial charge in [-0.05, 0) is 74.1 Å². The van der Waals surface area contributed by atoms with Crippen LogP contribution in [0.4, 0.5) is 4.39 Å². The summed E-state index contributed by atoms with van der Waals surface area (Å²) in [5.74, 6) is 3.74. The number of piperidine rings is 3. The number of benzene rings is 1. The number of rotatable bonds is 5. The van der Waals surface area contributed by atoms with E-state index >= 15 is 0 Å². The fourth-order valence-electron chi connectivity index (χ4n) is 5.39. The number of hydrogen-bond acceptors (Lipinski definition) is 3. The Bertz CT molecular complexity index is 669. The number of hydrogen-bond donors (Lipinski definition) is 0. The second-order valence-electron chi connectivity index (χ2n) is 8.52. The van der Waals surface area contributed by atoms with Crippen molar-refractivity contribution >= 4 is 17.7 Å². The van der Waals surface area contributed by atoms with Gasteiger partial charge in [0, 0.05) is 18.5 Å². The molecule has 4 aliphatic heterocycles. The highest BCUT2D eigenvalue weighted by Crippen LogP contribution is 2.46. The van der Waals surface area contributed by atoms with Crippen molar-refractivity contribution < 1.29 is 9.18 Å². The number of likely N-dealkylation sites (tertiary alicyclic amines) is 1. The molecule has 1 aromatic rings. The predicted octanol–water partition coefficient (Wildman–Crippen LogP) is 3.36. The lowest BCUT2D eigenvalue weighted by Crippen LogP contribution is -2.60. The lowest BCUT2D eigenvalue weighted by atomic mass is 9.75. The molecule has 5 aliphatic rings. The van der Waals surface area contributed by atoms with Gasteiger partial charge < -0.3 is 4.90 Å². The summed E-state index contributed by atoms with van der Waals surface area (Å²) in [6.45, 7) is 3.11. The zero-order chi connectivity index (χ0) is 17.7. The molecule has 2 bridgehead atoms. The lowest BCUT2D eigenvalue weighted by molar-refractivity contribution is -0.133. The first kappa shape index (κ1) is 17.1. The van der Waals surface area contributed by atoms with Crippen LogP contribution in [0.3, 0.4) is 0 Å². The van der Waals surface area contributed by atoms with E-state index in [1.165, 1.54) is 31.2 Å². The Morgan fingerprint density at radius 1 is 1.08 bits per heavy atom. The van der Waals surface area contributed by atoms with Crippen molar-refractivity contribution in [1.29, 1.82) is 0 Å². The van der Waals surface area contributed by atoms with Gasteiger partial charge in [-0.3, -0.25) is 9.69 Å². The Kier molecular flexibility index (Phi) is 4.48. The molecule has 6 rings (SSSR count). The highest BCUT2D eigenvalue weighted by molar-refractivity contribution is 7.99. The second-order valence-corrected chi connectivity index (χ2v) is 9.55. The van der Waals surface area contributed by atoms with Gasteiger partial charge in [-0.25, -0.2) is 4.39 Å². The fraction of sp³-hybridized carbons (Fsp3) is 0.667. The average Bonchev–Trinajstić information content (AvgIpc) is 3.39. The molecule has 1 aromatic carbocycles. The maximum Gasteiger partial charge on any atom is 0.232 e. The van der Waals surface area contributed by atoms with Gasteiger partial charge >= 0.3 is 0 Å². The Morgan fingerprint density at radius 2 is 1.81 bits per heavy atom. The first-order valence-corrected chi connectivity index (χ1v) is 11.2. The lowest BCUT2D eigenvalue weighted by Gasteiger charge is -2.51. The molecule has 140 valence electrons. The molecule has 3 nitrogen and oxygen atoms in total. The second kappa shape index (κ2) is 6.83. The van der Waals surface area contributed by atoms with Crippen molar-refractivity contribution in [2.75, 3.05) is 31.1 Å². The summed E-state index contributed by atoms with van der Waals surface area (Å²) < 4.78 is 13.4. The minimum Gasteiger partial charge on any atom is -0.336 e. The van der Waals surface area contributed by atoms with Crippen molar-refractivity contribution in [3.05, 3.63) is 35.6 Å². The van der Waals surface area contributed by atoms with Crippen LogP contribution < -0.4 is 0 Å². The zero-order valence-corrected chi connectivity index (χ0v) is 16.0. The monoisotopic (exact) mass is 374 g/mol.